The first-order chi connectivity index (χ1) is 14.6. The highest BCUT2D eigenvalue weighted by molar-refractivity contribution is 6.30. The number of carbonyl (C=O) groups is 1. The van der Waals surface area contributed by atoms with Gasteiger partial charge in [-0.05, 0) is 55.0 Å². The fraction of sp³-hybridized carbons (Fsp3) is 0.304. The highest BCUT2D eigenvalue weighted by atomic mass is 35.5. The van der Waals surface area contributed by atoms with Crippen LogP contribution in [0.15, 0.2) is 59.1 Å². The highest BCUT2D eigenvalue weighted by Crippen LogP contribution is 2.23. The topological polar surface area (TPSA) is 49.6 Å². The van der Waals surface area contributed by atoms with Gasteiger partial charge in [0, 0.05) is 55.3 Å². The Morgan fingerprint density at radius 3 is 2.57 bits per heavy atom. The Bertz CT molecular complexity index is 988. The van der Waals surface area contributed by atoms with Gasteiger partial charge in [-0.25, -0.2) is 9.37 Å². The van der Waals surface area contributed by atoms with E-state index in [1.165, 1.54) is 12.1 Å². The summed E-state index contributed by atoms with van der Waals surface area (Å²) in [5.74, 6) is 1.08. The van der Waals surface area contributed by atoms with E-state index in [0.29, 0.717) is 36.1 Å². The molecule has 2 heterocycles. The van der Waals surface area contributed by atoms with Crippen LogP contribution in [0.3, 0.4) is 0 Å². The number of rotatable bonds is 5. The van der Waals surface area contributed by atoms with Crippen molar-refractivity contribution in [3.63, 3.8) is 0 Å². The van der Waals surface area contributed by atoms with Crippen LogP contribution in [0.1, 0.15) is 18.7 Å². The molecule has 1 aliphatic heterocycles. The van der Waals surface area contributed by atoms with Crippen molar-refractivity contribution in [2.24, 2.45) is 0 Å². The van der Waals surface area contributed by atoms with E-state index < -0.39 is 0 Å². The van der Waals surface area contributed by atoms with Crippen LogP contribution >= 0.6 is 11.6 Å². The van der Waals surface area contributed by atoms with Gasteiger partial charge in [-0.2, -0.15) is 0 Å². The quantitative estimate of drug-likeness (QED) is 0.586. The Labute approximate surface area is 180 Å². The zero-order valence-electron chi connectivity index (χ0n) is 16.6. The van der Waals surface area contributed by atoms with E-state index in [1.54, 1.807) is 30.5 Å². The lowest BCUT2D eigenvalue weighted by Crippen LogP contribution is -2.35. The summed E-state index contributed by atoms with van der Waals surface area (Å²) in [4.78, 5) is 21.1. The number of benzene rings is 2. The summed E-state index contributed by atoms with van der Waals surface area (Å²) in [6, 6.07) is 13.9. The van der Waals surface area contributed by atoms with E-state index in [2.05, 4.69) is 9.88 Å². The average molecular weight is 428 g/mol. The van der Waals surface area contributed by atoms with Gasteiger partial charge < -0.3 is 14.2 Å². The van der Waals surface area contributed by atoms with Gasteiger partial charge in [0.05, 0.1) is 6.20 Å². The van der Waals surface area contributed by atoms with Gasteiger partial charge in [-0.15, -0.1) is 0 Å². The SMILES string of the molecule is O=C(CCc1ncc(-c2ccc(Cl)cc2)o1)N1CCCN(c2ccc(F)cc2)CC1. The minimum absolute atomic E-state index is 0.0993. The van der Waals surface area contributed by atoms with E-state index in [9.17, 15) is 9.18 Å². The molecule has 5 nitrogen and oxygen atoms in total. The zero-order valence-corrected chi connectivity index (χ0v) is 17.3. The van der Waals surface area contributed by atoms with Crippen LogP contribution in [-0.4, -0.2) is 42.0 Å². The number of nitrogens with zero attached hydrogens (tertiary/aromatic N) is 3. The molecule has 2 aromatic carbocycles. The number of aryl methyl sites for hydroxylation is 1. The van der Waals surface area contributed by atoms with Crippen molar-refractivity contribution in [3.05, 3.63) is 71.5 Å². The molecule has 1 saturated heterocycles. The molecule has 156 valence electrons. The van der Waals surface area contributed by atoms with Crippen molar-refractivity contribution in [2.75, 3.05) is 31.1 Å². The molecule has 0 radical (unpaired) electrons. The molecule has 1 amide bonds. The van der Waals surface area contributed by atoms with Crippen LogP contribution < -0.4 is 4.90 Å². The maximum Gasteiger partial charge on any atom is 0.223 e. The van der Waals surface area contributed by atoms with Gasteiger partial charge in [-0.3, -0.25) is 4.79 Å². The third kappa shape index (κ3) is 5.00. The summed E-state index contributed by atoms with van der Waals surface area (Å²) in [5.41, 5.74) is 1.89. The Hall–Kier alpha value is -2.86. The summed E-state index contributed by atoms with van der Waals surface area (Å²) in [7, 11) is 0. The first kappa shape index (κ1) is 20.4. The number of hydrogen-bond acceptors (Lipinski definition) is 4. The van der Waals surface area contributed by atoms with Crippen LogP contribution in [0.2, 0.25) is 5.02 Å². The van der Waals surface area contributed by atoms with E-state index in [1.807, 2.05) is 17.0 Å². The van der Waals surface area contributed by atoms with E-state index in [0.717, 1.165) is 37.3 Å². The Morgan fingerprint density at radius 1 is 1.03 bits per heavy atom. The normalized spacial score (nSPS) is 14.6. The minimum Gasteiger partial charge on any atom is -0.441 e. The summed E-state index contributed by atoms with van der Waals surface area (Å²) in [6.45, 7) is 2.95. The summed E-state index contributed by atoms with van der Waals surface area (Å²) in [5, 5.41) is 0.666. The maximum atomic E-state index is 13.2. The molecule has 0 unspecified atom stereocenters. The van der Waals surface area contributed by atoms with Crippen LogP contribution in [0.4, 0.5) is 10.1 Å². The Morgan fingerprint density at radius 2 is 1.80 bits per heavy atom. The molecular weight excluding hydrogens is 405 g/mol. The fourth-order valence-electron chi connectivity index (χ4n) is 3.62. The molecule has 0 bridgehead atoms. The molecule has 1 aromatic heterocycles. The number of hydrogen-bond donors (Lipinski definition) is 0. The van der Waals surface area contributed by atoms with E-state index in [4.69, 9.17) is 16.0 Å². The molecule has 7 heteroatoms. The molecule has 3 aromatic rings. The third-order valence-corrected chi connectivity index (χ3v) is 5.53. The number of anilines is 1. The Kier molecular flexibility index (Phi) is 6.33. The predicted molar refractivity (Wildman–Crippen MR) is 115 cm³/mol. The second kappa shape index (κ2) is 9.30. The number of carbonyl (C=O) groups excluding carboxylic acids is 1. The minimum atomic E-state index is -0.240. The highest BCUT2D eigenvalue weighted by Gasteiger charge is 2.20. The average Bonchev–Trinajstić information content (AvgIpc) is 3.09. The molecule has 0 N–H and O–H groups in total. The Balaban J connectivity index is 1.30. The van der Waals surface area contributed by atoms with Gasteiger partial charge in [0.2, 0.25) is 5.91 Å². The van der Waals surface area contributed by atoms with Gasteiger partial charge in [-0.1, -0.05) is 11.6 Å². The summed E-state index contributed by atoms with van der Waals surface area (Å²) >= 11 is 5.92. The van der Waals surface area contributed by atoms with Crippen molar-refractivity contribution in [1.82, 2.24) is 9.88 Å². The molecule has 0 saturated carbocycles. The van der Waals surface area contributed by atoms with Gasteiger partial charge >= 0.3 is 0 Å². The number of halogens is 2. The van der Waals surface area contributed by atoms with Crippen LogP contribution in [-0.2, 0) is 11.2 Å². The molecule has 30 heavy (non-hydrogen) atoms. The molecular formula is C23H23ClFN3O2. The first-order valence-electron chi connectivity index (χ1n) is 10.1. The standard InChI is InChI=1S/C23H23ClFN3O2/c24-18-4-2-17(3-5-18)21-16-26-22(30-21)10-11-23(29)28-13-1-12-27(14-15-28)20-8-6-19(25)7-9-20/h2-9,16H,1,10-15H2. The van der Waals surface area contributed by atoms with Crippen LogP contribution in [0.5, 0.6) is 0 Å². The second-order valence-corrected chi connectivity index (χ2v) is 7.76. The van der Waals surface area contributed by atoms with Gasteiger partial charge in [0.15, 0.2) is 11.7 Å². The van der Waals surface area contributed by atoms with Gasteiger partial charge in [0.25, 0.3) is 0 Å². The lowest BCUT2D eigenvalue weighted by molar-refractivity contribution is -0.131. The van der Waals surface area contributed by atoms with Crippen molar-refractivity contribution < 1.29 is 13.6 Å². The summed E-state index contributed by atoms with van der Waals surface area (Å²) < 4.78 is 18.9. The molecule has 0 spiro atoms. The monoisotopic (exact) mass is 427 g/mol. The number of oxazole rings is 1. The second-order valence-electron chi connectivity index (χ2n) is 7.32. The van der Waals surface area contributed by atoms with Gasteiger partial charge in [0.1, 0.15) is 5.82 Å². The maximum absolute atomic E-state index is 13.2. The number of amides is 1. The van der Waals surface area contributed by atoms with Crippen molar-refractivity contribution in [3.8, 4) is 11.3 Å². The van der Waals surface area contributed by atoms with Crippen LogP contribution in [0, 0.1) is 5.82 Å². The van der Waals surface area contributed by atoms with Crippen molar-refractivity contribution >= 4 is 23.2 Å². The first-order valence-corrected chi connectivity index (χ1v) is 10.5. The fourth-order valence-corrected chi connectivity index (χ4v) is 3.75. The van der Waals surface area contributed by atoms with E-state index in [-0.39, 0.29) is 11.7 Å². The summed E-state index contributed by atoms with van der Waals surface area (Å²) in [6.07, 6.45) is 3.38. The molecule has 0 aliphatic carbocycles. The zero-order chi connectivity index (χ0) is 20.9. The lowest BCUT2D eigenvalue weighted by Gasteiger charge is -2.23. The molecule has 0 atom stereocenters. The third-order valence-electron chi connectivity index (χ3n) is 5.28. The largest absolute Gasteiger partial charge is 0.441 e. The predicted octanol–water partition coefficient (Wildman–Crippen LogP) is 4.81. The van der Waals surface area contributed by atoms with E-state index >= 15 is 0 Å². The van der Waals surface area contributed by atoms with Crippen molar-refractivity contribution in [1.29, 1.82) is 0 Å². The molecule has 1 fully saturated rings. The smallest absolute Gasteiger partial charge is 0.223 e. The van der Waals surface area contributed by atoms with Crippen LogP contribution in [0.25, 0.3) is 11.3 Å². The molecule has 4 rings (SSSR count). The molecule has 1 aliphatic rings. The van der Waals surface area contributed by atoms with Crippen molar-refractivity contribution in [2.45, 2.75) is 19.3 Å². The number of aromatic nitrogens is 1. The lowest BCUT2D eigenvalue weighted by atomic mass is 10.2.